The number of aryl methyl sites for hydroxylation is 1. The maximum atomic E-state index is 14.2. The second-order valence-corrected chi connectivity index (χ2v) is 6.87. The second kappa shape index (κ2) is 7.73. The number of rotatable bonds is 5. The van der Waals surface area contributed by atoms with Crippen LogP contribution in [0.3, 0.4) is 0 Å². The lowest BCUT2D eigenvalue weighted by molar-refractivity contribution is -0.122. The number of pyridine rings is 1. The summed E-state index contributed by atoms with van der Waals surface area (Å²) in [5, 5.41) is 2.73. The van der Waals surface area contributed by atoms with Gasteiger partial charge in [0, 0.05) is 19.2 Å². The number of carbonyl (C=O) groups excluding carboxylic acids is 2. The molecule has 1 aromatic heterocycles. The number of hydrogen-bond acceptors (Lipinski definition) is 4. The molecule has 1 atom stereocenters. The van der Waals surface area contributed by atoms with E-state index in [2.05, 4.69) is 10.3 Å². The summed E-state index contributed by atoms with van der Waals surface area (Å²) in [6.45, 7) is 5.65. The molecule has 0 spiro atoms. The predicted octanol–water partition coefficient (Wildman–Crippen LogP) is 3.31. The highest BCUT2D eigenvalue weighted by Crippen LogP contribution is 2.29. The van der Waals surface area contributed by atoms with E-state index in [4.69, 9.17) is 4.74 Å². The molecule has 1 fully saturated rings. The number of carbonyl (C=O) groups is 2. The standard InChI is InChI=1S/C20H22FN3O3/c1-12(2)27-17-5-4-8-22-19(17)23-20(26)14-10-18(25)24(11-14)16-7-6-13(3)9-15(16)21/h4-9,12,14H,10-11H2,1-3H3,(H,22,23,26). The van der Waals surface area contributed by atoms with E-state index < -0.39 is 11.7 Å². The minimum atomic E-state index is -0.591. The molecule has 2 heterocycles. The van der Waals surface area contributed by atoms with Crippen molar-refractivity contribution in [2.75, 3.05) is 16.8 Å². The first-order chi connectivity index (χ1) is 12.8. The highest BCUT2D eigenvalue weighted by molar-refractivity contribution is 6.03. The molecular weight excluding hydrogens is 349 g/mol. The summed E-state index contributed by atoms with van der Waals surface area (Å²) in [6.07, 6.45) is 1.50. The highest BCUT2D eigenvalue weighted by atomic mass is 19.1. The van der Waals surface area contributed by atoms with Crippen molar-refractivity contribution < 1.29 is 18.7 Å². The summed E-state index contributed by atoms with van der Waals surface area (Å²) >= 11 is 0. The number of halogens is 1. The molecule has 1 aromatic carbocycles. The molecule has 0 saturated carbocycles. The van der Waals surface area contributed by atoms with Crippen molar-refractivity contribution in [1.82, 2.24) is 4.98 Å². The van der Waals surface area contributed by atoms with Crippen molar-refractivity contribution in [2.45, 2.75) is 33.3 Å². The number of benzene rings is 1. The molecule has 6 nitrogen and oxygen atoms in total. The van der Waals surface area contributed by atoms with Crippen molar-refractivity contribution in [3.8, 4) is 5.75 Å². The third-order valence-corrected chi connectivity index (χ3v) is 4.26. The minimum absolute atomic E-state index is 0.0202. The van der Waals surface area contributed by atoms with Crippen molar-refractivity contribution in [3.63, 3.8) is 0 Å². The summed E-state index contributed by atoms with van der Waals surface area (Å²) in [4.78, 5) is 30.4. The van der Waals surface area contributed by atoms with Crippen LogP contribution in [-0.4, -0.2) is 29.4 Å². The Morgan fingerprint density at radius 1 is 1.37 bits per heavy atom. The van der Waals surface area contributed by atoms with E-state index in [9.17, 15) is 14.0 Å². The lowest BCUT2D eigenvalue weighted by atomic mass is 10.1. The number of nitrogens with one attached hydrogen (secondary N) is 1. The third kappa shape index (κ3) is 4.24. The molecule has 0 radical (unpaired) electrons. The first kappa shape index (κ1) is 18.8. The lowest BCUT2D eigenvalue weighted by Crippen LogP contribution is -2.29. The van der Waals surface area contributed by atoms with E-state index in [-0.39, 0.29) is 36.6 Å². The van der Waals surface area contributed by atoms with Crippen LogP contribution in [0.2, 0.25) is 0 Å². The SMILES string of the molecule is Cc1ccc(N2CC(C(=O)Nc3ncccc3OC(C)C)CC2=O)c(F)c1. The van der Waals surface area contributed by atoms with Gasteiger partial charge in [-0.3, -0.25) is 9.59 Å². The number of aromatic nitrogens is 1. The molecule has 1 unspecified atom stereocenters. The molecule has 0 bridgehead atoms. The van der Waals surface area contributed by atoms with Gasteiger partial charge in [-0.25, -0.2) is 9.37 Å². The fourth-order valence-corrected chi connectivity index (χ4v) is 3.00. The topological polar surface area (TPSA) is 71.5 Å². The Morgan fingerprint density at radius 2 is 2.15 bits per heavy atom. The Kier molecular flexibility index (Phi) is 5.39. The molecule has 1 N–H and O–H groups in total. The molecule has 142 valence electrons. The molecule has 2 amide bonds. The van der Waals surface area contributed by atoms with Crippen LogP contribution in [0.1, 0.15) is 25.8 Å². The largest absolute Gasteiger partial charge is 0.487 e. The fourth-order valence-electron chi connectivity index (χ4n) is 3.00. The maximum absolute atomic E-state index is 14.2. The van der Waals surface area contributed by atoms with Crippen LogP contribution in [-0.2, 0) is 9.59 Å². The van der Waals surface area contributed by atoms with E-state index in [0.717, 1.165) is 5.56 Å². The van der Waals surface area contributed by atoms with E-state index in [1.165, 1.54) is 11.0 Å². The molecule has 7 heteroatoms. The van der Waals surface area contributed by atoms with Gasteiger partial charge in [0.15, 0.2) is 11.6 Å². The number of ether oxygens (including phenoxy) is 1. The van der Waals surface area contributed by atoms with Crippen LogP contribution in [0.5, 0.6) is 5.75 Å². The highest BCUT2D eigenvalue weighted by Gasteiger charge is 2.36. The Morgan fingerprint density at radius 3 is 2.85 bits per heavy atom. The molecule has 0 aliphatic carbocycles. The average Bonchev–Trinajstić information content (AvgIpc) is 2.98. The minimum Gasteiger partial charge on any atom is -0.487 e. The van der Waals surface area contributed by atoms with Gasteiger partial charge in [0.1, 0.15) is 5.82 Å². The van der Waals surface area contributed by atoms with Gasteiger partial charge in [-0.15, -0.1) is 0 Å². The van der Waals surface area contributed by atoms with Crippen LogP contribution in [0, 0.1) is 18.7 Å². The smallest absolute Gasteiger partial charge is 0.231 e. The number of anilines is 2. The number of amides is 2. The lowest BCUT2D eigenvalue weighted by Gasteiger charge is -2.18. The van der Waals surface area contributed by atoms with Gasteiger partial charge >= 0.3 is 0 Å². The van der Waals surface area contributed by atoms with Crippen molar-refractivity contribution in [1.29, 1.82) is 0 Å². The van der Waals surface area contributed by atoms with Gasteiger partial charge in [-0.2, -0.15) is 0 Å². The maximum Gasteiger partial charge on any atom is 0.231 e. The summed E-state index contributed by atoms with van der Waals surface area (Å²) < 4.78 is 19.8. The molecule has 1 aliphatic rings. The monoisotopic (exact) mass is 371 g/mol. The van der Waals surface area contributed by atoms with Crippen LogP contribution in [0.25, 0.3) is 0 Å². The fraction of sp³-hybridized carbons (Fsp3) is 0.350. The van der Waals surface area contributed by atoms with Crippen molar-refractivity contribution >= 4 is 23.3 Å². The zero-order valence-corrected chi connectivity index (χ0v) is 15.5. The van der Waals surface area contributed by atoms with Gasteiger partial charge in [-0.05, 0) is 50.6 Å². The molecule has 1 saturated heterocycles. The number of nitrogens with zero attached hydrogens (tertiary/aromatic N) is 2. The van der Waals surface area contributed by atoms with Crippen LogP contribution < -0.4 is 15.0 Å². The van der Waals surface area contributed by atoms with Gasteiger partial charge in [0.05, 0.1) is 17.7 Å². The summed E-state index contributed by atoms with van der Waals surface area (Å²) in [6, 6.07) is 8.11. The Hall–Kier alpha value is -2.96. The van der Waals surface area contributed by atoms with Gasteiger partial charge in [0.2, 0.25) is 11.8 Å². The van der Waals surface area contributed by atoms with E-state index in [1.54, 1.807) is 37.4 Å². The Balaban J connectivity index is 1.73. The Labute approximate surface area is 157 Å². The third-order valence-electron chi connectivity index (χ3n) is 4.26. The van der Waals surface area contributed by atoms with Gasteiger partial charge in [-0.1, -0.05) is 6.07 Å². The number of hydrogen-bond donors (Lipinski definition) is 1. The second-order valence-electron chi connectivity index (χ2n) is 6.87. The zero-order chi connectivity index (χ0) is 19.6. The quantitative estimate of drug-likeness (QED) is 0.875. The van der Waals surface area contributed by atoms with Crippen LogP contribution in [0.15, 0.2) is 36.5 Å². The van der Waals surface area contributed by atoms with E-state index in [1.807, 2.05) is 13.8 Å². The summed E-state index contributed by atoms with van der Waals surface area (Å²) in [7, 11) is 0. The molecular formula is C20H22FN3O3. The first-order valence-corrected chi connectivity index (χ1v) is 8.84. The van der Waals surface area contributed by atoms with E-state index >= 15 is 0 Å². The Bertz CT molecular complexity index is 869. The van der Waals surface area contributed by atoms with Gasteiger partial charge < -0.3 is 15.0 Å². The van der Waals surface area contributed by atoms with Crippen LogP contribution in [0.4, 0.5) is 15.9 Å². The summed E-state index contributed by atoms with van der Waals surface area (Å²) in [5.41, 5.74) is 0.965. The van der Waals surface area contributed by atoms with E-state index in [0.29, 0.717) is 11.6 Å². The predicted molar refractivity (Wildman–Crippen MR) is 100 cm³/mol. The summed E-state index contributed by atoms with van der Waals surface area (Å²) in [5.74, 6) is -0.910. The van der Waals surface area contributed by atoms with Crippen LogP contribution >= 0.6 is 0 Å². The van der Waals surface area contributed by atoms with Crippen molar-refractivity contribution in [2.24, 2.45) is 5.92 Å². The van der Waals surface area contributed by atoms with Crippen molar-refractivity contribution in [3.05, 3.63) is 47.9 Å². The molecule has 1 aliphatic heterocycles. The molecule has 27 heavy (non-hydrogen) atoms. The zero-order valence-electron chi connectivity index (χ0n) is 15.5. The first-order valence-electron chi connectivity index (χ1n) is 8.84. The molecule has 2 aromatic rings. The average molecular weight is 371 g/mol. The normalized spacial score (nSPS) is 16.7. The van der Waals surface area contributed by atoms with Gasteiger partial charge in [0.25, 0.3) is 0 Å². The molecule has 3 rings (SSSR count).